The second kappa shape index (κ2) is 12.5. The molecule has 0 radical (unpaired) electrons. The van der Waals surface area contributed by atoms with Gasteiger partial charge >= 0.3 is 0 Å². The van der Waals surface area contributed by atoms with Crippen molar-refractivity contribution in [3.63, 3.8) is 0 Å². The van der Waals surface area contributed by atoms with E-state index < -0.39 is 0 Å². The molecule has 25 heavy (non-hydrogen) atoms. The van der Waals surface area contributed by atoms with E-state index in [1.54, 1.807) is 24.3 Å². The van der Waals surface area contributed by atoms with Gasteiger partial charge in [0.05, 0.1) is 6.54 Å². The summed E-state index contributed by atoms with van der Waals surface area (Å²) in [5, 5.41) is 8.92. The summed E-state index contributed by atoms with van der Waals surface area (Å²) < 4.78 is 0. The molecular weight excluding hydrogens is 314 g/mol. The predicted octanol–water partition coefficient (Wildman–Crippen LogP) is 3.71. The van der Waals surface area contributed by atoms with Gasteiger partial charge in [0.25, 0.3) is 5.91 Å². The number of unbranched alkanes of at least 4 members (excludes halogenated alkanes) is 4. The molecule has 0 bridgehead atoms. The average molecular weight is 348 g/mol. The molecule has 0 aromatic heterocycles. The molecule has 0 aliphatic rings. The van der Waals surface area contributed by atoms with Crippen molar-refractivity contribution in [2.75, 3.05) is 18.4 Å². The molecule has 0 heterocycles. The molecule has 5 nitrogen and oxygen atoms in total. The van der Waals surface area contributed by atoms with Crippen LogP contribution in [0.2, 0.25) is 0 Å². The van der Waals surface area contributed by atoms with Gasteiger partial charge in [-0.2, -0.15) is 0 Å². The third kappa shape index (κ3) is 9.25. The molecule has 140 valence electrons. The van der Waals surface area contributed by atoms with E-state index in [2.05, 4.69) is 22.9 Å². The van der Waals surface area contributed by atoms with Crippen molar-refractivity contribution < 1.29 is 9.59 Å². The van der Waals surface area contributed by atoms with Crippen LogP contribution in [0.4, 0.5) is 5.69 Å². The van der Waals surface area contributed by atoms with E-state index in [1.807, 2.05) is 13.8 Å². The number of rotatable bonds is 12. The first-order valence-corrected chi connectivity index (χ1v) is 9.48. The van der Waals surface area contributed by atoms with Crippen LogP contribution in [0.15, 0.2) is 24.3 Å². The summed E-state index contributed by atoms with van der Waals surface area (Å²) in [6.45, 7) is 7.34. The number of nitrogens with one attached hydrogen (secondary N) is 3. The number of hydrogen-bond donors (Lipinski definition) is 3. The number of carbonyl (C=O) groups is 2. The fraction of sp³-hybridized carbons (Fsp3) is 0.600. The van der Waals surface area contributed by atoms with Gasteiger partial charge in [0.2, 0.25) is 5.91 Å². The zero-order valence-corrected chi connectivity index (χ0v) is 15.9. The first-order valence-electron chi connectivity index (χ1n) is 9.48. The maximum Gasteiger partial charge on any atom is 0.251 e. The molecule has 1 atom stereocenters. The van der Waals surface area contributed by atoms with Gasteiger partial charge in [0.1, 0.15) is 0 Å². The van der Waals surface area contributed by atoms with Gasteiger partial charge in [-0.1, -0.05) is 45.6 Å². The SMILES string of the molecule is CCCCCCCNCC(=O)Nc1cccc(C(=O)NC(C)CC)c1. The van der Waals surface area contributed by atoms with E-state index in [9.17, 15) is 9.59 Å². The maximum absolute atomic E-state index is 12.1. The van der Waals surface area contributed by atoms with E-state index in [0.717, 1.165) is 19.4 Å². The molecule has 1 unspecified atom stereocenters. The molecule has 2 amide bonds. The van der Waals surface area contributed by atoms with Crippen molar-refractivity contribution in [3.8, 4) is 0 Å². The van der Waals surface area contributed by atoms with Gasteiger partial charge in [-0.25, -0.2) is 0 Å². The summed E-state index contributed by atoms with van der Waals surface area (Å²) in [6, 6.07) is 7.17. The zero-order valence-electron chi connectivity index (χ0n) is 15.9. The highest BCUT2D eigenvalue weighted by molar-refractivity contribution is 5.97. The monoisotopic (exact) mass is 347 g/mol. The van der Waals surface area contributed by atoms with E-state index >= 15 is 0 Å². The Labute approximate surface area is 152 Å². The van der Waals surface area contributed by atoms with Crippen molar-refractivity contribution >= 4 is 17.5 Å². The minimum absolute atomic E-state index is 0.0898. The van der Waals surface area contributed by atoms with Crippen LogP contribution < -0.4 is 16.0 Å². The Bertz CT molecular complexity index is 531. The van der Waals surface area contributed by atoms with Crippen molar-refractivity contribution in [1.82, 2.24) is 10.6 Å². The summed E-state index contributed by atoms with van der Waals surface area (Å²) in [7, 11) is 0. The van der Waals surface area contributed by atoms with E-state index in [0.29, 0.717) is 11.3 Å². The minimum atomic E-state index is -0.115. The fourth-order valence-electron chi connectivity index (χ4n) is 2.41. The topological polar surface area (TPSA) is 70.2 Å². The summed E-state index contributed by atoms with van der Waals surface area (Å²) in [4.78, 5) is 24.1. The number of amides is 2. The molecule has 0 spiro atoms. The van der Waals surface area contributed by atoms with Crippen LogP contribution in [0, 0.1) is 0 Å². The third-order valence-corrected chi connectivity index (χ3v) is 4.14. The molecular formula is C20H33N3O2. The smallest absolute Gasteiger partial charge is 0.251 e. The molecule has 1 aromatic rings. The molecule has 0 aliphatic heterocycles. The summed E-state index contributed by atoms with van der Waals surface area (Å²) in [5.74, 6) is -0.205. The second-order valence-corrected chi connectivity index (χ2v) is 6.50. The van der Waals surface area contributed by atoms with E-state index in [-0.39, 0.29) is 24.4 Å². The van der Waals surface area contributed by atoms with Crippen LogP contribution in [0.3, 0.4) is 0 Å². The number of hydrogen-bond acceptors (Lipinski definition) is 3. The molecule has 0 saturated carbocycles. The van der Waals surface area contributed by atoms with Crippen LogP contribution in [-0.4, -0.2) is 30.9 Å². The lowest BCUT2D eigenvalue weighted by Gasteiger charge is -2.12. The molecule has 1 rings (SSSR count). The molecule has 5 heteroatoms. The first kappa shape index (κ1) is 21.2. The van der Waals surface area contributed by atoms with Crippen LogP contribution in [0.5, 0.6) is 0 Å². The average Bonchev–Trinajstić information content (AvgIpc) is 2.61. The second-order valence-electron chi connectivity index (χ2n) is 6.50. The Morgan fingerprint density at radius 1 is 1.08 bits per heavy atom. The highest BCUT2D eigenvalue weighted by Gasteiger charge is 2.10. The van der Waals surface area contributed by atoms with Gasteiger partial charge < -0.3 is 16.0 Å². The Kier molecular flexibility index (Phi) is 10.6. The van der Waals surface area contributed by atoms with Crippen molar-refractivity contribution in [1.29, 1.82) is 0 Å². The van der Waals surface area contributed by atoms with Gasteiger partial charge in [-0.3, -0.25) is 9.59 Å². The lowest BCUT2D eigenvalue weighted by Crippen LogP contribution is -2.32. The zero-order chi connectivity index (χ0) is 18.5. The van der Waals surface area contributed by atoms with Crippen LogP contribution >= 0.6 is 0 Å². The highest BCUT2D eigenvalue weighted by atomic mass is 16.2. The molecule has 1 aromatic carbocycles. The summed E-state index contributed by atoms with van der Waals surface area (Å²) in [5.41, 5.74) is 1.20. The van der Waals surface area contributed by atoms with E-state index in [1.165, 1.54) is 25.7 Å². The number of carbonyl (C=O) groups excluding carboxylic acids is 2. The van der Waals surface area contributed by atoms with Gasteiger partial charge in [0, 0.05) is 17.3 Å². The third-order valence-electron chi connectivity index (χ3n) is 4.14. The predicted molar refractivity (Wildman–Crippen MR) is 104 cm³/mol. The Hall–Kier alpha value is -1.88. The van der Waals surface area contributed by atoms with Crippen molar-refractivity contribution in [2.45, 2.75) is 65.3 Å². The Balaban J connectivity index is 2.35. The Morgan fingerprint density at radius 2 is 1.84 bits per heavy atom. The van der Waals surface area contributed by atoms with Crippen LogP contribution in [0.1, 0.15) is 69.7 Å². The number of anilines is 1. The molecule has 3 N–H and O–H groups in total. The fourth-order valence-corrected chi connectivity index (χ4v) is 2.41. The van der Waals surface area contributed by atoms with E-state index in [4.69, 9.17) is 0 Å². The summed E-state index contributed by atoms with van der Waals surface area (Å²) in [6.07, 6.45) is 6.96. The standard InChI is InChI=1S/C20H33N3O2/c1-4-6-7-8-9-13-21-15-19(24)23-18-12-10-11-17(14-18)20(25)22-16(3)5-2/h10-12,14,16,21H,4-9,13,15H2,1-3H3,(H,22,25)(H,23,24). The first-order chi connectivity index (χ1) is 12.1. The van der Waals surface area contributed by atoms with Crippen LogP contribution in [-0.2, 0) is 4.79 Å². The van der Waals surface area contributed by atoms with Crippen molar-refractivity contribution in [2.24, 2.45) is 0 Å². The number of benzene rings is 1. The van der Waals surface area contributed by atoms with Gasteiger partial charge in [-0.05, 0) is 44.5 Å². The largest absolute Gasteiger partial charge is 0.350 e. The lowest BCUT2D eigenvalue weighted by atomic mass is 10.1. The quantitative estimate of drug-likeness (QED) is 0.505. The van der Waals surface area contributed by atoms with Gasteiger partial charge in [0.15, 0.2) is 0 Å². The normalized spacial score (nSPS) is 11.8. The molecule has 0 saturated heterocycles. The van der Waals surface area contributed by atoms with Crippen molar-refractivity contribution in [3.05, 3.63) is 29.8 Å². The maximum atomic E-state index is 12.1. The molecule has 0 aliphatic carbocycles. The highest BCUT2D eigenvalue weighted by Crippen LogP contribution is 2.11. The molecule has 0 fully saturated rings. The lowest BCUT2D eigenvalue weighted by molar-refractivity contribution is -0.115. The summed E-state index contributed by atoms with van der Waals surface area (Å²) >= 11 is 0. The Morgan fingerprint density at radius 3 is 2.56 bits per heavy atom. The van der Waals surface area contributed by atoms with Gasteiger partial charge in [-0.15, -0.1) is 0 Å². The minimum Gasteiger partial charge on any atom is -0.350 e. The van der Waals surface area contributed by atoms with Crippen LogP contribution in [0.25, 0.3) is 0 Å².